The monoisotopic (exact) mass is 671 g/mol. The predicted molar refractivity (Wildman–Crippen MR) is 174 cm³/mol. The number of carbonyl (C=O) groups is 3. The Morgan fingerprint density at radius 3 is 2.41 bits per heavy atom. The van der Waals surface area contributed by atoms with Gasteiger partial charge in [0.25, 0.3) is 5.91 Å². The normalized spacial score (nSPS) is 22.7. The number of benzene rings is 2. The fraction of sp³-hybridized carbons (Fsp3) is 0.500. The molecule has 1 saturated carbocycles. The highest BCUT2D eigenvalue weighted by Crippen LogP contribution is 2.38. The van der Waals surface area contributed by atoms with Crippen LogP contribution in [0.4, 0.5) is 5.69 Å². The number of carboxylic acids is 1. The fourth-order valence-electron chi connectivity index (χ4n) is 6.95. The van der Waals surface area contributed by atoms with Crippen LogP contribution in [0.2, 0.25) is 10.0 Å². The fourth-order valence-corrected chi connectivity index (χ4v) is 7.41. The Kier molecular flexibility index (Phi) is 10.3. The maximum Gasteiger partial charge on any atom is 0.306 e. The van der Waals surface area contributed by atoms with Gasteiger partial charge in [-0.05, 0) is 68.7 Å². The molecule has 3 aliphatic rings. The molecule has 3 aromatic rings. The summed E-state index contributed by atoms with van der Waals surface area (Å²) in [5.74, 6) is -3.08. The van der Waals surface area contributed by atoms with Crippen molar-refractivity contribution in [3.63, 3.8) is 0 Å². The molecule has 0 spiro atoms. The Hall–Kier alpha value is -2.99. The van der Waals surface area contributed by atoms with Crippen LogP contribution in [0.1, 0.15) is 60.9 Å². The second-order valence-electron chi connectivity index (χ2n) is 12.3. The Labute approximate surface area is 277 Å². The number of Topliss-reactive ketones (excluding diaryl/α,β-unsaturated/α-hetero) is 1. The van der Waals surface area contributed by atoms with E-state index in [1.165, 1.54) is 6.26 Å². The summed E-state index contributed by atoms with van der Waals surface area (Å²) in [5, 5.41) is 13.6. The highest BCUT2D eigenvalue weighted by atomic mass is 35.5. The number of ketones is 1. The first-order chi connectivity index (χ1) is 22.3. The molecule has 1 aromatic heterocycles. The summed E-state index contributed by atoms with van der Waals surface area (Å²) >= 11 is 13.5. The molecule has 1 unspecified atom stereocenters. The van der Waals surface area contributed by atoms with E-state index in [4.69, 9.17) is 37.1 Å². The predicted octanol–water partition coefficient (Wildman–Crippen LogP) is 6.24. The number of nitrogens with zero attached hydrogens (tertiary/aromatic N) is 2. The van der Waals surface area contributed by atoms with Crippen molar-refractivity contribution in [1.82, 2.24) is 9.80 Å². The molecule has 2 N–H and O–H groups in total. The molecule has 0 radical (unpaired) electrons. The number of hydrogen-bond donors (Lipinski definition) is 2. The Bertz CT molecular complexity index is 1570. The van der Waals surface area contributed by atoms with Crippen molar-refractivity contribution in [2.75, 3.05) is 44.7 Å². The molecule has 10 nitrogen and oxygen atoms in total. The number of ether oxygens (including phenoxy) is 2. The van der Waals surface area contributed by atoms with E-state index < -0.39 is 23.6 Å². The first-order valence-electron chi connectivity index (χ1n) is 16.0. The van der Waals surface area contributed by atoms with Crippen LogP contribution < -0.4 is 5.32 Å². The highest BCUT2D eigenvalue weighted by Gasteiger charge is 2.52. The van der Waals surface area contributed by atoms with Crippen molar-refractivity contribution in [1.29, 1.82) is 0 Å². The van der Waals surface area contributed by atoms with Gasteiger partial charge < -0.3 is 24.3 Å². The molecule has 1 atom stereocenters. The van der Waals surface area contributed by atoms with Crippen LogP contribution in [0.3, 0.4) is 0 Å². The van der Waals surface area contributed by atoms with Gasteiger partial charge in [-0.25, -0.2) is 0 Å². The van der Waals surface area contributed by atoms with E-state index in [0.717, 1.165) is 19.3 Å². The van der Waals surface area contributed by atoms with Crippen LogP contribution >= 0.6 is 23.2 Å². The lowest BCUT2D eigenvalue weighted by molar-refractivity contribution is -0.256. The van der Waals surface area contributed by atoms with Gasteiger partial charge in [0.15, 0.2) is 5.78 Å². The van der Waals surface area contributed by atoms with Gasteiger partial charge in [-0.1, -0.05) is 41.4 Å². The second-order valence-corrected chi connectivity index (χ2v) is 13.1. The molecule has 1 aliphatic carbocycles. The largest absolute Gasteiger partial charge is 0.481 e. The maximum absolute atomic E-state index is 14.8. The van der Waals surface area contributed by atoms with Crippen LogP contribution in [-0.4, -0.2) is 83.9 Å². The zero-order valence-corrected chi connectivity index (χ0v) is 27.2. The molecule has 12 heteroatoms. The van der Waals surface area contributed by atoms with Crippen molar-refractivity contribution >= 4 is 57.5 Å². The summed E-state index contributed by atoms with van der Waals surface area (Å²) in [6.07, 6.45) is 5.90. The van der Waals surface area contributed by atoms with Gasteiger partial charge in [-0.2, -0.15) is 0 Å². The number of halogens is 2. The third kappa shape index (κ3) is 6.83. The number of rotatable bonds is 10. The summed E-state index contributed by atoms with van der Waals surface area (Å²) < 4.78 is 18.2. The Morgan fingerprint density at radius 2 is 1.65 bits per heavy atom. The molecule has 246 valence electrons. The van der Waals surface area contributed by atoms with E-state index in [1.807, 2.05) is 12.1 Å². The van der Waals surface area contributed by atoms with Crippen molar-refractivity contribution < 1.29 is 33.4 Å². The van der Waals surface area contributed by atoms with Crippen molar-refractivity contribution in [2.45, 2.75) is 63.3 Å². The van der Waals surface area contributed by atoms with Gasteiger partial charge in [-0.3, -0.25) is 24.2 Å². The molecule has 6 rings (SSSR count). The number of aliphatic carboxylic acids is 1. The summed E-state index contributed by atoms with van der Waals surface area (Å²) in [5.41, 5.74) is 1.81. The lowest BCUT2D eigenvalue weighted by Gasteiger charge is -2.49. The highest BCUT2D eigenvalue weighted by molar-refractivity contribution is 6.36. The molecule has 3 heterocycles. The summed E-state index contributed by atoms with van der Waals surface area (Å²) in [6.45, 7) is 3.63. The molecule has 0 bridgehead atoms. The number of carbonyl (C=O) groups excluding carboxylic acids is 2. The van der Waals surface area contributed by atoms with Gasteiger partial charge in [0, 0.05) is 49.6 Å². The van der Waals surface area contributed by atoms with Crippen LogP contribution in [0.25, 0.3) is 11.0 Å². The maximum atomic E-state index is 14.8. The first kappa shape index (κ1) is 32.9. The molecule has 46 heavy (non-hydrogen) atoms. The average molecular weight is 673 g/mol. The lowest BCUT2D eigenvalue weighted by Crippen LogP contribution is -2.68. The van der Waals surface area contributed by atoms with Gasteiger partial charge in [0.2, 0.25) is 5.85 Å². The Balaban J connectivity index is 1.27. The van der Waals surface area contributed by atoms with Crippen LogP contribution in [0, 0.1) is 5.92 Å². The van der Waals surface area contributed by atoms with E-state index in [9.17, 15) is 19.5 Å². The molecular formula is C34H39Cl2N3O7. The summed E-state index contributed by atoms with van der Waals surface area (Å²) in [7, 11) is 0. The van der Waals surface area contributed by atoms with Crippen LogP contribution in [0.5, 0.6) is 0 Å². The molecule has 2 aliphatic heterocycles. The van der Waals surface area contributed by atoms with Crippen molar-refractivity contribution in [3.05, 3.63) is 63.8 Å². The number of anilines is 1. The third-order valence-corrected chi connectivity index (χ3v) is 10.0. The number of furan rings is 1. The minimum Gasteiger partial charge on any atom is -0.481 e. The van der Waals surface area contributed by atoms with E-state index in [0.29, 0.717) is 97.9 Å². The average Bonchev–Trinajstić information content (AvgIpc) is 3.67. The number of fused-ring (bicyclic) bond motifs is 1. The lowest BCUT2D eigenvalue weighted by atomic mass is 9.87. The minimum atomic E-state index is -1.35. The van der Waals surface area contributed by atoms with Gasteiger partial charge >= 0.3 is 5.97 Å². The Morgan fingerprint density at radius 1 is 0.935 bits per heavy atom. The number of hydrogen-bond acceptors (Lipinski definition) is 8. The SMILES string of the molecule is O=C(Nc1cc(Cl)c(CC(=O)C(O[C@H]2CC[C@H](C(=O)O)CC2)(N2CCCC2)N2CCCOCC2)cc1Cl)c1coc2ccccc12. The summed E-state index contributed by atoms with van der Waals surface area (Å²) in [6, 6.07) is 10.4. The van der Waals surface area contributed by atoms with E-state index in [-0.39, 0.29) is 23.3 Å². The topological polar surface area (TPSA) is 122 Å². The van der Waals surface area contributed by atoms with Gasteiger partial charge in [0.05, 0.1) is 34.9 Å². The molecule has 2 aromatic carbocycles. The minimum absolute atomic E-state index is 0.0442. The van der Waals surface area contributed by atoms with Crippen LogP contribution in [-0.2, 0) is 25.5 Å². The molecule has 3 fully saturated rings. The molecule has 1 amide bonds. The quantitative estimate of drug-likeness (QED) is 0.258. The number of likely N-dealkylation sites (tertiary alicyclic amines) is 1. The smallest absolute Gasteiger partial charge is 0.306 e. The first-order valence-corrected chi connectivity index (χ1v) is 16.8. The van der Waals surface area contributed by atoms with Gasteiger partial charge in [0.1, 0.15) is 11.8 Å². The number of amides is 1. The number of para-hydroxylation sites is 1. The standard InChI is InChI=1S/C34H39Cl2N3O7/c35-27-20-29(37-32(41)26-21-45-30-7-2-1-6-25(26)30)28(36)18-23(27)19-31(40)34(38-12-3-4-13-38,39-14-5-16-44-17-15-39)46-24-10-8-22(9-11-24)33(42)43/h1-2,6-7,18,20-22,24H,3-5,8-17,19H2,(H,37,41)(H,42,43)/t22-,24-,34?. The second kappa shape index (κ2) is 14.4. The van der Waals surface area contributed by atoms with Gasteiger partial charge in [-0.15, -0.1) is 0 Å². The third-order valence-electron chi connectivity index (χ3n) is 9.36. The van der Waals surface area contributed by atoms with E-state index in [2.05, 4.69) is 15.1 Å². The van der Waals surface area contributed by atoms with Crippen LogP contribution in [0.15, 0.2) is 47.1 Å². The summed E-state index contributed by atoms with van der Waals surface area (Å²) in [4.78, 5) is 43.8. The zero-order chi connectivity index (χ0) is 32.3. The van der Waals surface area contributed by atoms with Crippen molar-refractivity contribution in [3.8, 4) is 0 Å². The molecule has 2 saturated heterocycles. The van der Waals surface area contributed by atoms with Crippen molar-refractivity contribution in [2.24, 2.45) is 5.92 Å². The molecular weight excluding hydrogens is 633 g/mol. The van der Waals surface area contributed by atoms with E-state index >= 15 is 0 Å². The zero-order valence-electron chi connectivity index (χ0n) is 25.6. The number of carboxylic acid groups (broad SMARTS) is 1. The van der Waals surface area contributed by atoms with E-state index in [1.54, 1.807) is 24.3 Å². The number of nitrogens with one attached hydrogen (secondary N) is 1.